The zero-order chi connectivity index (χ0) is 17.4. The number of primary amides is 1. The summed E-state index contributed by atoms with van der Waals surface area (Å²) in [5.74, 6) is -1.61. The van der Waals surface area contributed by atoms with E-state index in [2.05, 4.69) is 5.48 Å². The van der Waals surface area contributed by atoms with E-state index in [0.717, 1.165) is 5.56 Å². The fourth-order valence-electron chi connectivity index (χ4n) is 2.08. The first kappa shape index (κ1) is 17.2. The minimum absolute atomic E-state index is 0.0369. The van der Waals surface area contributed by atoms with Gasteiger partial charge in [-0.15, -0.1) is 0 Å². The van der Waals surface area contributed by atoms with Gasteiger partial charge < -0.3 is 10.6 Å². The molecule has 0 fully saturated rings. The van der Waals surface area contributed by atoms with Gasteiger partial charge >= 0.3 is 5.97 Å². The van der Waals surface area contributed by atoms with Gasteiger partial charge in [-0.05, 0) is 36.6 Å². The zero-order valence-electron chi connectivity index (χ0n) is 12.9. The van der Waals surface area contributed by atoms with Crippen LogP contribution in [0.4, 0.5) is 0 Å². The van der Waals surface area contributed by atoms with Gasteiger partial charge in [0, 0.05) is 12.0 Å². The maximum atomic E-state index is 11.7. The second kappa shape index (κ2) is 8.47. The first-order chi connectivity index (χ1) is 11.6. The molecule has 2 amide bonds. The number of carbonyl (C=O) groups excluding carboxylic acids is 3. The summed E-state index contributed by atoms with van der Waals surface area (Å²) in [6.07, 6.45) is 2.11. The molecule has 2 rings (SSSR count). The van der Waals surface area contributed by atoms with Crippen molar-refractivity contribution in [3.63, 3.8) is 0 Å². The number of hydrogen-bond acceptors (Lipinski definition) is 4. The van der Waals surface area contributed by atoms with Gasteiger partial charge in [0.15, 0.2) is 0 Å². The van der Waals surface area contributed by atoms with E-state index in [4.69, 9.17) is 10.6 Å². The lowest BCUT2D eigenvalue weighted by Crippen LogP contribution is -2.27. The molecule has 0 aromatic heterocycles. The second-order valence-electron chi connectivity index (χ2n) is 5.00. The van der Waals surface area contributed by atoms with Crippen LogP contribution in [0.2, 0.25) is 0 Å². The van der Waals surface area contributed by atoms with Gasteiger partial charge in [-0.3, -0.25) is 9.59 Å². The third-order valence-electron chi connectivity index (χ3n) is 3.24. The Morgan fingerprint density at radius 3 is 2.38 bits per heavy atom. The highest BCUT2D eigenvalue weighted by Gasteiger charge is 2.11. The fraction of sp³-hybridized carbons (Fsp3) is 0.111. The van der Waals surface area contributed by atoms with Crippen molar-refractivity contribution < 1.29 is 19.2 Å². The SMILES string of the molecule is NC(=O)c1ccccc1C[CH]CC(=O)NOC(=O)c1ccccc1. The lowest BCUT2D eigenvalue weighted by atomic mass is 10.0. The Bertz CT molecular complexity index is 729. The quantitative estimate of drug-likeness (QED) is 0.791. The second-order valence-corrected chi connectivity index (χ2v) is 5.00. The monoisotopic (exact) mass is 325 g/mol. The predicted molar refractivity (Wildman–Crippen MR) is 87.6 cm³/mol. The molecule has 0 heterocycles. The van der Waals surface area contributed by atoms with Gasteiger partial charge in [0.05, 0.1) is 5.56 Å². The Morgan fingerprint density at radius 2 is 1.67 bits per heavy atom. The summed E-state index contributed by atoms with van der Waals surface area (Å²) in [4.78, 5) is 39.4. The standard InChI is InChI=1S/C18H17N2O4/c19-17(22)15-11-5-4-7-13(15)10-6-12-16(21)20-24-18(23)14-8-2-1-3-9-14/h1-9,11H,10,12H2,(H2,19,22)(H,20,21). The van der Waals surface area contributed by atoms with E-state index < -0.39 is 17.8 Å². The largest absolute Gasteiger partial charge is 0.366 e. The highest BCUT2D eigenvalue weighted by atomic mass is 16.7. The number of nitrogens with two attached hydrogens (primary N) is 1. The maximum absolute atomic E-state index is 11.7. The summed E-state index contributed by atoms with van der Waals surface area (Å²) in [5, 5.41) is 0. The topological polar surface area (TPSA) is 98.5 Å². The van der Waals surface area contributed by atoms with E-state index in [0.29, 0.717) is 17.5 Å². The lowest BCUT2D eigenvalue weighted by Gasteiger charge is -2.07. The van der Waals surface area contributed by atoms with Crippen LogP contribution in [0.1, 0.15) is 32.7 Å². The molecule has 0 spiro atoms. The van der Waals surface area contributed by atoms with E-state index in [1.807, 2.05) is 0 Å². The molecule has 0 atom stereocenters. The van der Waals surface area contributed by atoms with E-state index in [9.17, 15) is 14.4 Å². The molecule has 6 nitrogen and oxygen atoms in total. The number of carbonyl (C=O) groups is 3. The van der Waals surface area contributed by atoms with Gasteiger partial charge in [-0.25, -0.2) is 4.79 Å². The van der Waals surface area contributed by atoms with Gasteiger partial charge in [0.2, 0.25) is 5.91 Å². The van der Waals surface area contributed by atoms with Crippen LogP contribution in [0.5, 0.6) is 0 Å². The smallest absolute Gasteiger partial charge is 0.362 e. The molecule has 6 heteroatoms. The van der Waals surface area contributed by atoms with Crippen LogP contribution in [-0.2, 0) is 16.1 Å². The van der Waals surface area contributed by atoms with Gasteiger partial charge in [0.1, 0.15) is 0 Å². The Balaban J connectivity index is 1.76. The van der Waals surface area contributed by atoms with E-state index in [1.54, 1.807) is 61.0 Å². The highest BCUT2D eigenvalue weighted by molar-refractivity contribution is 5.94. The van der Waals surface area contributed by atoms with Gasteiger partial charge in [-0.1, -0.05) is 36.4 Å². The van der Waals surface area contributed by atoms with Crippen LogP contribution in [0.3, 0.4) is 0 Å². The number of benzene rings is 2. The Morgan fingerprint density at radius 1 is 1.00 bits per heavy atom. The maximum Gasteiger partial charge on any atom is 0.362 e. The molecule has 24 heavy (non-hydrogen) atoms. The van der Waals surface area contributed by atoms with Crippen molar-refractivity contribution in [1.29, 1.82) is 0 Å². The summed E-state index contributed by atoms with van der Waals surface area (Å²) in [6.45, 7) is 0. The van der Waals surface area contributed by atoms with Crippen molar-refractivity contribution in [3.8, 4) is 0 Å². The molecule has 0 saturated carbocycles. The van der Waals surface area contributed by atoms with Gasteiger partial charge in [-0.2, -0.15) is 5.48 Å². The fourth-order valence-corrected chi connectivity index (χ4v) is 2.08. The molecule has 0 saturated heterocycles. The van der Waals surface area contributed by atoms with Crippen molar-refractivity contribution in [1.82, 2.24) is 5.48 Å². The van der Waals surface area contributed by atoms with Crippen LogP contribution in [0, 0.1) is 6.42 Å². The molecule has 2 aromatic carbocycles. The average molecular weight is 325 g/mol. The lowest BCUT2D eigenvalue weighted by molar-refractivity contribution is -0.129. The number of hydroxylamine groups is 1. The minimum Gasteiger partial charge on any atom is -0.366 e. The van der Waals surface area contributed by atoms with Crippen molar-refractivity contribution >= 4 is 17.8 Å². The molecule has 1 radical (unpaired) electrons. The Labute approximate surface area is 139 Å². The van der Waals surface area contributed by atoms with Crippen LogP contribution in [0.15, 0.2) is 54.6 Å². The molecule has 2 aromatic rings. The Hall–Kier alpha value is -3.15. The van der Waals surface area contributed by atoms with E-state index in [1.165, 1.54) is 0 Å². The molecule has 123 valence electrons. The number of rotatable bonds is 6. The molecule has 0 bridgehead atoms. The highest BCUT2D eigenvalue weighted by Crippen LogP contribution is 2.11. The summed E-state index contributed by atoms with van der Waals surface area (Å²) in [5.41, 5.74) is 8.89. The first-order valence-corrected chi connectivity index (χ1v) is 7.32. The van der Waals surface area contributed by atoms with Crippen LogP contribution >= 0.6 is 0 Å². The van der Waals surface area contributed by atoms with Crippen molar-refractivity contribution in [3.05, 3.63) is 77.7 Å². The predicted octanol–water partition coefficient (Wildman–Crippen LogP) is 1.81. The molecule has 0 aliphatic rings. The Kier molecular flexibility index (Phi) is 6.08. The molecule has 0 aliphatic heterocycles. The van der Waals surface area contributed by atoms with E-state index in [-0.39, 0.29) is 6.42 Å². The summed E-state index contributed by atoms with van der Waals surface area (Å²) in [7, 11) is 0. The van der Waals surface area contributed by atoms with Crippen molar-refractivity contribution in [2.75, 3.05) is 0 Å². The third-order valence-corrected chi connectivity index (χ3v) is 3.24. The average Bonchev–Trinajstić information content (AvgIpc) is 2.60. The summed E-state index contributed by atoms with van der Waals surface area (Å²) < 4.78 is 0. The zero-order valence-corrected chi connectivity index (χ0v) is 12.9. The first-order valence-electron chi connectivity index (χ1n) is 7.32. The van der Waals surface area contributed by atoms with Crippen molar-refractivity contribution in [2.45, 2.75) is 12.8 Å². The summed E-state index contributed by atoms with van der Waals surface area (Å²) >= 11 is 0. The van der Waals surface area contributed by atoms with Crippen LogP contribution in [0.25, 0.3) is 0 Å². The van der Waals surface area contributed by atoms with E-state index >= 15 is 0 Å². The molecule has 0 aliphatic carbocycles. The molecule has 0 unspecified atom stereocenters. The van der Waals surface area contributed by atoms with Crippen LogP contribution in [-0.4, -0.2) is 17.8 Å². The summed E-state index contributed by atoms with van der Waals surface area (Å²) in [6, 6.07) is 15.2. The third kappa shape index (κ3) is 4.95. The number of amides is 2. The molecular formula is C18H17N2O4. The van der Waals surface area contributed by atoms with Gasteiger partial charge in [0.25, 0.3) is 5.91 Å². The molecular weight excluding hydrogens is 308 g/mol. The minimum atomic E-state index is -0.636. The number of hydrogen-bond donors (Lipinski definition) is 2. The number of nitrogens with one attached hydrogen (secondary N) is 1. The normalized spacial score (nSPS) is 10.0. The molecule has 3 N–H and O–H groups in total. The van der Waals surface area contributed by atoms with Crippen molar-refractivity contribution in [2.24, 2.45) is 5.73 Å². The van der Waals surface area contributed by atoms with Crippen LogP contribution < -0.4 is 11.2 Å².